The summed E-state index contributed by atoms with van der Waals surface area (Å²) in [6, 6.07) is 0.392. The molecule has 0 saturated heterocycles. The smallest absolute Gasteiger partial charge is 0.225 e. The van der Waals surface area contributed by atoms with E-state index in [0.717, 1.165) is 25.8 Å². The predicted octanol–water partition coefficient (Wildman–Crippen LogP) is 0.838. The maximum Gasteiger partial charge on any atom is 0.225 e. The van der Waals surface area contributed by atoms with Crippen LogP contribution in [0.25, 0.3) is 0 Å². The van der Waals surface area contributed by atoms with E-state index >= 15 is 0 Å². The van der Waals surface area contributed by atoms with E-state index in [1.807, 2.05) is 11.9 Å². The van der Waals surface area contributed by atoms with Gasteiger partial charge in [0.25, 0.3) is 0 Å². The van der Waals surface area contributed by atoms with Gasteiger partial charge < -0.3 is 10.6 Å². The number of rotatable bonds is 3. The molecule has 0 aromatic carbocycles. The summed E-state index contributed by atoms with van der Waals surface area (Å²) in [6.07, 6.45) is 3.28. The molecule has 14 heavy (non-hydrogen) atoms. The summed E-state index contributed by atoms with van der Waals surface area (Å²) in [4.78, 5) is 13.7. The molecule has 0 aliphatic heterocycles. The van der Waals surface area contributed by atoms with Crippen molar-refractivity contribution in [2.75, 3.05) is 13.6 Å². The largest absolute Gasteiger partial charge is 0.345 e. The van der Waals surface area contributed by atoms with Crippen LogP contribution >= 0.6 is 0 Å². The fraction of sp³-hybridized carbons (Fsp3) is 0.909. The molecule has 2 N–H and O–H groups in total. The van der Waals surface area contributed by atoms with Gasteiger partial charge in [0.1, 0.15) is 0 Å². The summed E-state index contributed by atoms with van der Waals surface area (Å²) in [6.45, 7) is 3.06. The van der Waals surface area contributed by atoms with E-state index in [9.17, 15) is 4.79 Å². The van der Waals surface area contributed by atoms with E-state index in [4.69, 9.17) is 5.73 Å². The Hall–Kier alpha value is -0.570. The van der Waals surface area contributed by atoms with Gasteiger partial charge in [-0.05, 0) is 31.1 Å². The molecule has 1 amide bonds. The average Bonchev–Trinajstić information content (AvgIpc) is 2.78. The van der Waals surface area contributed by atoms with Crippen LogP contribution in [0.4, 0.5) is 0 Å². The van der Waals surface area contributed by atoms with Gasteiger partial charge in [-0.1, -0.05) is 6.92 Å². The van der Waals surface area contributed by atoms with Crippen molar-refractivity contribution in [2.45, 2.75) is 32.2 Å². The normalized spacial score (nSPS) is 40.2. The summed E-state index contributed by atoms with van der Waals surface area (Å²) in [7, 11) is 1.93. The van der Waals surface area contributed by atoms with Crippen molar-refractivity contribution < 1.29 is 4.79 Å². The van der Waals surface area contributed by atoms with Crippen molar-refractivity contribution >= 4 is 5.91 Å². The van der Waals surface area contributed by atoms with Crippen molar-refractivity contribution in [3.05, 3.63) is 0 Å². The predicted molar refractivity (Wildman–Crippen MR) is 55.6 cm³/mol. The molecule has 2 atom stereocenters. The highest BCUT2D eigenvalue weighted by Gasteiger charge is 2.41. The number of carbonyl (C=O) groups is 1. The molecule has 80 valence electrons. The van der Waals surface area contributed by atoms with Crippen LogP contribution in [-0.2, 0) is 4.79 Å². The van der Waals surface area contributed by atoms with Crippen LogP contribution in [0.5, 0.6) is 0 Å². The summed E-state index contributed by atoms with van der Waals surface area (Å²) in [5, 5.41) is 0. The summed E-state index contributed by atoms with van der Waals surface area (Å²) in [5.41, 5.74) is 5.71. The first-order chi connectivity index (χ1) is 6.58. The molecule has 2 unspecified atom stereocenters. The van der Waals surface area contributed by atoms with Crippen LogP contribution in [0.2, 0.25) is 0 Å². The molecule has 0 spiro atoms. The van der Waals surface area contributed by atoms with Gasteiger partial charge in [0.15, 0.2) is 0 Å². The van der Waals surface area contributed by atoms with Gasteiger partial charge in [0, 0.05) is 25.6 Å². The summed E-state index contributed by atoms with van der Waals surface area (Å²) < 4.78 is 0. The highest BCUT2D eigenvalue weighted by Crippen LogP contribution is 2.39. The summed E-state index contributed by atoms with van der Waals surface area (Å²) >= 11 is 0. The Morgan fingerprint density at radius 2 is 2.00 bits per heavy atom. The van der Waals surface area contributed by atoms with Crippen LogP contribution in [-0.4, -0.2) is 30.4 Å². The van der Waals surface area contributed by atoms with Crippen LogP contribution in [0.15, 0.2) is 0 Å². The Kier molecular flexibility index (Phi) is 2.52. The van der Waals surface area contributed by atoms with Gasteiger partial charge in [0.05, 0.1) is 0 Å². The van der Waals surface area contributed by atoms with Gasteiger partial charge in [-0.25, -0.2) is 0 Å². The second kappa shape index (κ2) is 3.54. The molecule has 0 radical (unpaired) electrons. The number of amides is 1. The number of carbonyl (C=O) groups excluding carboxylic acids is 1. The third-order valence-corrected chi connectivity index (χ3v) is 3.61. The lowest BCUT2D eigenvalue weighted by molar-refractivity contribution is -0.132. The first kappa shape index (κ1) is 9.97. The SMILES string of the molecule is CC1CC1C(=O)N(C)CC1CC(N)C1. The van der Waals surface area contributed by atoms with Crippen molar-refractivity contribution in [3.63, 3.8) is 0 Å². The Labute approximate surface area is 85.6 Å². The van der Waals surface area contributed by atoms with Crippen molar-refractivity contribution in [1.29, 1.82) is 0 Å². The van der Waals surface area contributed by atoms with E-state index in [2.05, 4.69) is 6.92 Å². The standard InChI is InChI=1S/C11H20N2O/c1-7-3-10(7)11(14)13(2)6-8-4-9(12)5-8/h7-10H,3-6,12H2,1-2H3. The lowest BCUT2D eigenvalue weighted by Gasteiger charge is -2.35. The zero-order chi connectivity index (χ0) is 10.3. The average molecular weight is 196 g/mol. The van der Waals surface area contributed by atoms with Gasteiger partial charge in [-0.2, -0.15) is 0 Å². The lowest BCUT2D eigenvalue weighted by Crippen LogP contribution is -2.43. The Morgan fingerprint density at radius 1 is 1.43 bits per heavy atom. The van der Waals surface area contributed by atoms with Crippen molar-refractivity contribution in [1.82, 2.24) is 4.90 Å². The Bertz CT molecular complexity index is 235. The van der Waals surface area contributed by atoms with Crippen LogP contribution in [0, 0.1) is 17.8 Å². The minimum atomic E-state index is 0.328. The number of hydrogen-bond donors (Lipinski definition) is 1. The molecule has 2 saturated carbocycles. The lowest BCUT2D eigenvalue weighted by atomic mass is 9.80. The van der Waals surface area contributed by atoms with Gasteiger partial charge in [-0.15, -0.1) is 0 Å². The summed E-state index contributed by atoms with van der Waals surface area (Å²) in [5.74, 6) is 1.95. The van der Waals surface area contributed by atoms with E-state index in [1.54, 1.807) is 0 Å². The minimum absolute atomic E-state index is 0.328. The highest BCUT2D eigenvalue weighted by atomic mass is 16.2. The van der Waals surface area contributed by atoms with Gasteiger partial charge in [-0.3, -0.25) is 4.79 Å². The zero-order valence-corrected chi connectivity index (χ0v) is 9.07. The third-order valence-electron chi connectivity index (χ3n) is 3.61. The molecule has 0 bridgehead atoms. The van der Waals surface area contributed by atoms with Crippen molar-refractivity contribution in [2.24, 2.45) is 23.5 Å². The molecular weight excluding hydrogens is 176 g/mol. The van der Waals surface area contributed by atoms with E-state index in [0.29, 0.717) is 29.7 Å². The van der Waals surface area contributed by atoms with Crippen LogP contribution < -0.4 is 5.73 Å². The molecule has 3 heteroatoms. The molecule has 0 aromatic heterocycles. The van der Waals surface area contributed by atoms with Crippen molar-refractivity contribution in [3.8, 4) is 0 Å². The molecule has 0 heterocycles. The molecule has 3 nitrogen and oxygen atoms in total. The first-order valence-electron chi connectivity index (χ1n) is 5.58. The highest BCUT2D eigenvalue weighted by molar-refractivity contribution is 5.81. The van der Waals surface area contributed by atoms with E-state index < -0.39 is 0 Å². The van der Waals surface area contributed by atoms with Crippen LogP contribution in [0.1, 0.15) is 26.2 Å². The van der Waals surface area contributed by atoms with Gasteiger partial charge in [0.2, 0.25) is 5.91 Å². The number of hydrogen-bond acceptors (Lipinski definition) is 2. The fourth-order valence-electron chi connectivity index (χ4n) is 2.36. The third kappa shape index (κ3) is 1.92. The maximum absolute atomic E-state index is 11.8. The monoisotopic (exact) mass is 196 g/mol. The van der Waals surface area contributed by atoms with Crippen LogP contribution in [0.3, 0.4) is 0 Å². The number of nitrogens with zero attached hydrogens (tertiary/aromatic N) is 1. The van der Waals surface area contributed by atoms with Gasteiger partial charge >= 0.3 is 0 Å². The second-order valence-electron chi connectivity index (χ2n) is 5.14. The molecular formula is C11H20N2O. The molecule has 2 aliphatic rings. The zero-order valence-electron chi connectivity index (χ0n) is 9.07. The minimum Gasteiger partial charge on any atom is -0.345 e. The molecule has 2 fully saturated rings. The fourth-order valence-corrected chi connectivity index (χ4v) is 2.36. The van der Waals surface area contributed by atoms with E-state index in [-0.39, 0.29) is 0 Å². The second-order valence-corrected chi connectivity index (χ2v) is 5.14. The molecule has 2 rings (SSSR count). The Balaban J connectivity index is 1.72. The Morgan fingerprint density at radius 3 is 2.43 bits per heavy atom. The topological polar surface area (TPSA) is 46.3 Å². The maximum atomic E-state index is 11.8. The molecule has 0 aromatic rings. The number of nitrogens with two attached hydrogens (primary N) is 1. The van der Waals surface area contributed by atoms with E-state index in [1.165, 1.54) is 0 Å². The first-order valence-corrected chi connectivity index (χ1v) is 5.58. The molecule has 2 aliphatic carbocycles. The quantitative estimate of drug-likeness (QED) is 0.727.